The van der Waals surface area contributed by atoms with E-state index in [2.05, 4.69) is 13.8 Å². The molecular weight excluding hydrogens is 299 g/mol. The quantitative estimate of drug-likeness (QED) is 0.765. The molecule has 0 radical (unpaired) electrons. The van der Waals surface area contributed by atoms with Crippen molar-refractivity contribution in [2.45, 2.75) is 39.4 Å². The fourth-order valence-electron chi connectivity index (χ4n) is 2.72. The molecule has 2 N–H and O–H groups in total. The van der Waals surface area contributed by atoms with Crippen LogP contribution < -0.4 is 5.73 Å². The van der Waals surface area contributed by atoms with Gasteiger partial charge in [-0.25, -0.2) is 0 Å². The summed E-state index contributed by atoms with van der Waals surface area (Å²) >= 11 is 0. The van der Waals surface area contributed by atoms with Gasteiger partial charge >= 0.3 is 6.18 Å². The predicted molar refractivity (Wildman–Crippen MR) is 88.0 cm³/mol. The molecule has 2 aromatic rings. The molecule has 0 heterocycles. The van der Waals surface area contributed by atoms with E-state index in [1.807, 2.05) is 25.1 Å². The molecule has 0 aliphatic carbocycles. The summed E-state index contributed by atoms with van der Waals surface area (Å²) in [6, 6.07) is 11.2. The number of hydrogen-bond acceptors (Lipinski definition) is 1. The van der Waals surface area contributed by atoms with Crippen LogP contribution in [-0.4, -0.2) is 0 Å². The van der Waals surface area contributed by atoms with Crippen molar-refractivity contribution in [3.05, 3.63) is 59.2 Å². The normalized spacial score (nSPS) is 13.4. The van der Waals surface area contributed by atoms with Crippen LogP contribution in [0, 0.1) is 12.8 Å². The largest absolute Gasteiger partial charge is 0.416 e. The number of hydrogen-bond donors (Lipinski definition) is 1. The van der Waals surface area contributed by atoms with Crippen molar-refractivity contribution in [2.24, 2.45) is 11.7 Å². The lowest BCUT2D eigenvalue weighted by Crippen LogP contribution is -2.13. The topological polar surface area (TPSA) is 26.0 Å². The average Bonchev–Trinajstić information content (AvgIpc) is 2.45. The Kier molecular flexibility index (Phi) is 5.15. The molecule has 0 fully saturated rings. The van der Waals surface area contributed by atoms with E-state index in [1.54, 1.807) is 0 Å². The van der Waals surface area contributed by atoms with Crippen LogP contribution in [0.15, 0.2) is 42.5 Å². The van der Waals surface area contributed by atoms with Crippen molar-refractivity contribution in [1.82, 2.24) is 0 Å². The number of aryl methyl sites for hydroxylation is 1. The van der Waals surface area contributed by atoms with Crippen LogP contribution in [0.1, 0.15) is 43.0 Å². The van der Waals surface area contributed by atoms with Gasteiger partial charge in [0, 0.05) is 6.04 Å². The molecule has 0 unspecified atom stereocenters. The van der Waals surface area contributed by atoms with Gasteiger partial charge in [0.05, 0.1) is 5.56 Å². The Bertz CT molecular complexity index is 657. The van der Waals surface area contributed by atoms with E-state index in [4.69, 9.17) is 5.73 Å². The highest BCUT2D eigenvalue weighted by molar-refractivity contribution is 5.68. The van der Waals surface area contributed by atoms with Crippen LogP contribution in [0.3, 0.4) is 0 Å². The third-order valence-electron chi connectivity index (χ3n) is 3.93. The van der Waals surface area contributed by atoms with Crippen molar-refractivity contribution in [3.63, 3.8) is 0 Å². The van der Waals surface area contributed by atoms with Crippen LogP contribution in [0.5, 0.6) is 0 Å². The van der Waals surface area contributed by atoms with E-state index < -0.39 is 11.7 Å². The first-order valence-corrected chi connectivity index (χ1v) is 7.72. The maximum absolute atomic E-state index is 12.6. The molecule has 0 saturated carbocycles. The molecule has 2 aromatic carbocycles. The summed E-state index contributed by atoms with van der Waals surface area (Å²) in [5, 5.41) is 0. The summed E-state index contributed by atoms with van der Waals surface area (Å²) in [4.78, 5) is 0. The van der Waals surface area contributed by atoms with E-state index >= 15 is 0 Å². The number of alkyl halides is 3. The first kappa shape index (κ1) is 17.5. The number of rotatable bonds is 4. The van der Waals surface area contributed by atoms with Crippen LogP contribution >= 0.6 is 0 Å². The molecule has 0 aliphatic rings. The summed E-state index contributed by atoms with van der Waals surface area (Å²) in [6.07, 6.45) is -3.40. The van der Waals surface area contributed by atoms with Crippen molar-refractivity contribution >= 4 is 0 Å². The fraction of sp³-hybridized carbons (Fsp3) is 0.368. The van der Waals surface area contributed by atoms with Crippen molar-refractivity contribution in [2.75, 3.05) is 0 Å². The zero-order valence-corrected chi connectivity index (χ0v) is 13.6. The van der Waals surface area contributed by atoms with Gasteiger partial charge in [-0.3, -0.25) is 0 Å². The van der Waals surface area contributed by atoms with E-state index in [1.165, 1.54) is 12.1 Å². The van der Waals surface area contributed by atoms with Crippen LogP contribution in [0.2, 0.25) is 0 Å². The standard InChI is InChI=1S/C19H22F3N/c1-12(2)10-18(23)15-6-9-17(13(3)11-15)14-4-7-16(8-5-14)19(20,21)22/h4-9,11-12,18H,10,23H2,1-3H3/t18-/m1/s1. The number of nitrogens with two attached hydrogens (primary N) is 1. The molecule has 23 heavy (non-hydrogen) atoms. The van der Waals surface area contributed by atoms with Crippen LogP contribution in [0.25, 0.3) is 11.1 Å². The van der Waals surface area contributed by atoms with Gasteiger partial charge in [0.2, 0.25) is 0 Å². The number of benzene rings is 2. The van der Waals surface area contributed by atoms with Gasteiger partial charge in [0.1, 0.15) is 0 Å². The van der Waals surface area contributed by atoms with Gasteiger partial charge in [-0.05, 0) is 53.6 Å². The van der Waals surface area contributed by atoms with Gasteiger partial charge < -0.3 is 5.73 Å². The van der Waals surface area contributed by atoms with E-state index in [-0.39, 0.29) is 6.04 Å². The summed E-state index contributed by atoms with van der Waals surface area (Å²) in [5.74, 6) is 0.514. The highest BCUT2D eigenvalue weighted by Crippen LogP contribution is 2.32. The zero-order chi connectivity index (χ0) is 17.2. The average molecular weight is 321 g/mol. The third-order valence-corrected chi connectivity index (χ3v) is 3.93. The molecule has 0 amide bonds. The molecular formula is C19H22F3N. The van der Waals surface area contributed by atoms with Crippen LogP contribution in [0.4, 0.5) is 13.2 Å². The molecule has 1 atom stereocenters. The summed E-state index contributed by atoms with van der Waals surface area (Å²) in [6.45, 7) is 6.21. The zero-order valence-electron chi connectivity index (χ0n) is 13.6. The lowest BCUT2D eigenvalue weighted by atomic mass is 9.92. The van der Waals surface area contributed by atoms with Gasteiger partial charge in [-0.15, -0.1) is 0 Å². The molecule has 0 saturated heterocycles. The third kappa shape index (κ3) is 4.35. The number of halogens is 3. The monoisotopic (exact) mass is 321 g/mol. The lowest BCUT2D eigenvalue weighted by Gasteiger charge is -2.17. The van der Waals surface area contributed by atoms with E-state index in [0.29, 0.717) is 5.92 Å². The molecule has 0 bridgehead atoms. The maximum atomic E-state index is 12.6. The first-order valence-electron chi connectivity index (χ1n) is 7.72. The van der Waals surface area contributed by atoms with E-state index in [9.17, 15) is 13.2 Å². The Morgan fingerprint density at radius 3 is 2.09 bits per heavy atom. The summed E-state index contributed by atoms with van der Waals surface area (Å²) in [5.41, 5.74) is 9.35. The molecule has 0 aromatic heterocycles. The minimum atomic E-state index is -4.30. The second kappa shape index (κ2) is 6.75. The van der Waals surface area contributed by atoms with Gasteiger partial charge in [-0.2, -0.15) is 13.2 Å². The highest BCUT2D eigenvalue weighted by Gasteiger charge is 2.30. The Balaban J connectivity index is 2.27. The molecule has 124 valence electrons. The Morgan fingerprint density at radius 2 is 1.61 bits per heavy atom. The Hall–Kier alpha value is -1.81. The van der Waals surface area contributed by atoms with Gasteiger partial charge in [-0.1, -0.05) is 44.2 Å². The minimum Gasteiger partial charge on any atom is -0.324 e. The fourth-order valence-corrected chi connectivity index (χ4v) is 2.72. The van der Waals surface area contributed by atoms with Crippen molar-refractivity contribution in [3.8, 4) is 11.1 Å². The second-order valence-electron chi connectivity index (χ2n) is 6.39. The smallest absolute Gasteiger partial charge is 0.324 e. The van der Waals surface area contributed by atoms with Crippen LogP contribution in [-0.2, 0) is 6.18 Å². The van der Waals surface area contributed by atoms with Gasteiger partial charge in [0.25, 0.3) is 0 Å². The molecule has 1 nitrogen and oxygen atoms in total. The maximum Gasteiger partial charge on any atom is 0.416 e. The van der Waals surface area contributed by atoms with E-state index in [0.717, 1.165) is 40.8 Å². The van der Waals surface area contributed by atoms with Gasteiger partial charge in [0.15, 0.2) is 0 Å². The molecule has 0 aliphatic heterocycles. The van der Waals surface area contributed by atoms with Crippen molar-refractivity contribution in [1.29, 1.82) is 0 Å². The lowest BCUT2D eigenvalue weighted by molar-refractivity contribution is -0.137. The minimum absolute atomic E-state index is 0.0182. The predicted octanol–water partition coefficient (Wildman–Crippen LogP) is 5.73. The Morgan fingerprint density at radius 1 is 1.00 bits per heavy atom. The summed E-state index contributed by atoms with van der Waals surface area (Å²) in [7, 11) is 0. The molecule has 4 heteroatoms. The SMILES string of the molecule is Cc1cc([C@H](N)CC(C)C)ccc1-c1ccc(C(F)(F)F)cc1. The highest BCUT2D eigenvalue weighted by atomic mass is 19.4. The molecule has 2 rings (SSSR count). The Labute approximate surface area is 135 Å². The molecule has 0 spiro atoms. The first-order chi connectivity index (χ1) is 10.7. The van der Waals surface area contributed by atoms with Crippen molar-refractivity contribution < 1.29 is 13.2 Å². The summed E-state index contributed by atoms with van der Waals surface area (Å²) < 4.78 is 37.9. The second-order valence-corrected chi connectivity index (χ2v) is 6.39.